The van der Waals surface area contributed by atoms with E-state index in [1.807, 2.05) is 9.80 Å². The van der Waals surface area contributed by atoms with Gasteiger partial charge in [-0.15, -0.1) is 0 Å². The van der Waals surface area contributed by atoms with Gasteiger partial charge < -0.3 is 14.5 Å². The number of ether oxygens (including phenoxy) is 1. The third-order valence-electron chi connectivity index (χ3n) is 7.28. The van der Waals surface area contributed by atoms with Crippen molar-refractivity contribution in [2.75, 3.05) is 57.4 Å². The van der Waals surface area contributed by atoms with E-state index in [2.05, 4.69) is 12.2 Å². The summed E-state index contributed by atoms with van der Waals surface area (Å²) in [6, 6.07) is 4.11. The van der Waals surface area contributed by atoms with Gasteiger partial charge in [-0.3, -0.25) is 14.9 Å². The van der Waals surface area contributed by atoms with Crippen LogP contribution in [0.25, 0.3) is 0 Å². The van der Waals surface area contributed by atoms with Crippen molar-refractivity contribution >= 4 is 27.3 Å². The first-order valence-corrected chi connectivity index (χ1v) is 12.9. The molecule has 0 unspecified atom stereocenters. The molecule has 0 radical (unpaired) electrons. The normalized spacial score (nSPS) is 27.8. The van der Waals surface area contributed by atoms with Gasteiger partial charge in [-0.05, 0) is 36.8 Å². The Kier molecular flexibility index (Phi) is 5.87. The zero-order valence-electron chi connectivity index (χ0n) is 18.3. The lowest BCUT2D eigenvalue weighted by Crippen LogP contribution is -2.51. The number of nitro benzene ring substituents is 1. The lowest BCUT2D eigenvalue weighted by molar-refractivity contribution is -0.384. The largest absolute Gasteiger partial charge is 0.379 e. The number of piperazine rings is 1. The molecule has 2 aliphatic carbocycles. The van der Waals surface area contributed by atoms with Gasteiger partial charge in [0.1, 0.15) is 5.69 Å². The number of fused-ring (bicyclic) bond motifs is 2. The van der Waals surface area contributed by atoms with E-state index in [1.165, 1.54) is 16.4 Å². The van der Waals surface area contributed by atoms with Crippen molar-refractivity contribution in [1.29, 1.82) is 0 Å². The molecule has 2 heterocycles. The molecule has 2 aliphatic heterocycles. The highest BCUT2D eigenvalue weighted by Crippen LogP contribution is 2.44. The molecule has 3 fully saturated rings. The number of hydrogen-bond donors (Lipinski definition) is 0. The van der Waals surface area contributed by atoms with Crippen molar-refractivity contribution in [2.45, 2.75) is 17.7 Å². The fourth-order valence-corrected chi connectivity index (χ4v) is 6.91. The number of nitro groups is 1. The number of amides is 1. The Balaban J connectivity index is 1.30. The maximum atomic E-state index is 13.0. The first kappa shape index (κ1) is 22.3. The average molecular weight is 477 g/mol. The Bertz CT molecular complexity index is 1080. The van der Waals surface area contributed by atoms with Gasteiger partial charge in [0.15, 0.2) is 0 Å². The predicted octanol–water partition coefficient (Wildman–Crippen LogP) is 1.48. The topological polar surface area (TPSA) is 113 Å². The van der Waals surface area contributed by atoms with Crippen LogP contribution in [-0.2, 0) is 19.6 Å². The Morgan fingerprint density at radius 3 is 2.36 bits per heavy atom. The Morgan fingerprint density at radius 2 is 1.76 bits per heavy atom. The van der Waals surface area contributed by atoms with Crippen LogP contribution in [0, 0.1) is 27.9 Å². The number of carbonyl (C=O) groups is 1. The quantitative estimate of drug-likeness (QED) is 0.359. The lowest BCUT2D eigenvalue weighted by atomic mass is 9.92. The highest BCUT2D eigenvalue weighted by Gasteiger charge is 2.42. The summed E-state index contributed by atoms with van der Waals surface area (Å²) in [7, 11) is -3.83. The molecule has 10 nitrogen and oxygen atoms in total. The molecular formula is C22H28N4O6S. The monoisotopic (exact) mass is 476 g/mol. The zero-order valence-corrected chi connectivity index (χ0v) is 19.2. The maximum Gasteiger partial charge on any atom is 0.293 e. The molecule has 11 heteroatoms. The van der Waals surface area contributed by atoms with E-state index in [0.29, 0.717) is 56.9 Å². The molecule has 0 spiro atoms. The van der Waals surface area contributed by atoms with Crippen molar-refractivity contribution in [2.24, 2.45) is 17.8 Å². The summed E-state index contributed by atoms with van der Waals surface area (Å²) in [6.07, 6.45) is 6.38. The number of morpholine rings is 1. The number of carbonyl (C=O) groups excluding carboxylic acids is 1. The first-order valence-electron chi connectivity index (χ1n) is 11.4. The molecule has 1 saturated carbocycles. The number of benzene rings is 1. The van der Waals surface area contributed by atoms with E-state index in [1.54, 1.807) is 0 Å². The third kappa shape index (κ3) is 4.13. The van der Waals surface area contributed by atoms with Crippen LogP contribution in [0.5, 0.6) is 0 Å². The van der Waals surface area contributed by atoms with E-state index < -0.39 is 14.9 Å². The van der Waals surface area contributed by atoms with E-state index in [4.69, 9.17) is 4.74 Å². The molecule has 0 N–H and O–H groups in total. The van der Waals surface area contributed by atoms with Gasteiger partial charge in [0.2, 0.25) is 15.9 Å². The molecule has 5 rings (SSSR count). The summed E-state index contributed by atoms with van der Waals surface area (Å²) in [6.45, 7) is 3.01. The Morgan fingerprint density at radius 1 is 1.03 bits per heavy atom. The number of rotatable bonds is 5. The van der Waals surface area contributed by atoms with Crippen LogP contribution in [0.4, 0.5) is 11.4 Å². The first-order chi connectivity index (χ1) is 15.8. The number of anilines is 1. The molecule has 0 aromatic heterocycles. The average Bonchev–Trinajstić information content (AvgIpc) is 3.48. The summed E-state index contributed by atoms with van der Waals surface area (Å²) in [5.74, 6) is 1.13. The molecule has 1 amide bonds. The van der Waals surface area contributed by atoms with Crippen LogP contribution in [-0.4, -0.2) is 80.9 Å². The predicted molar refractivity (Wildman–Crippen MR) is 120 cm³/mol. The van der Waals surface area contributed by atoms with Crippen LogP contribution in [0.2, 0.25) is 0 Å². The van der Waals surface area contributed by atoms with Crippen LogP contribution in [0.15, 0.2) is 35.2 Å². The SMILES string of the molecule is O=C([C@@H]1C[C@H]2C=C[C@H]1C2)N1CCN(c2ccc(S(=O)(=O)N3CCOCC3)cc2[N+](=O)[O-])CC1. The molecule has 33 heavy (non-hydrogen) atoms. The fraction of sp³-hybridized carbons (Fsp3) is 0.591. The van der Waals surface area contributed by atoms with E-state index in [0.717, 1.165) is 18.9 Å². The highest BCUT2D eigenvalue weighted by molar-refractivity contribution is 7.89. The molecule has 2 bridgehead atoms. The van der Waals surface area contributed by atoms with Crippen molar-refractivity contribution in [1.82, 2.24) is 9.21 Å². The van der Waals surface area contributed by atoms with Crippen LogP contribution in [0.3, 0.4) is 0 Å². The van der Waals surface area contributed by atoms with Gasteiger partial charge >= 0.3 is 0 Å². The lowest BCUT2D eigenvalue weighted by Gasteiger charge is -2.37. The van der Waals surface area contributed by atoms with Crippen LogP contribution in [0.1, 0.15) is 12.8 Å². The summed E-state index contributed by atoms with van der Waals surface area (Å²) < 4.78 is 32.4. The van der Waals surface area contributed by atoms with Crippen molar-refractivity contribution in [3.63, 3.8) is 0 Å². The van der Waals surface area contributed by atoms with Gasteiger partial charge in [0.25, 0.3) is 5.69 Å². The standard InChI is InChI=1S/C22H28N4O6S/c27-22(19-14-16-1-2-17(19)13-16)24-7-5-23(6-8-24)20-4-3-18(15-21(20)26(28)29)33(30,31)25-9-11-32-12-10-25/h1-4,15-17,19H,5-14H2/t16-,17-,19+/m0/s1. The van der Waals surface area contributed by atoms with E-state index in [9.17, 15) is 23.3 Å². The molecule has 1 aromatic rings. The summed E-state index contributed by atoms with van der Waals surface area (Å²) >= 11 is 0. The Labute approximate surface area is 193 Å². The van der Waals surface area contributed by atoms with Gasteiger partial charge in [0, 0.05) is 51.3 Å². The minimum Gasteiger partial charge on any atom is -0.379 e. The second kappa shape index (κ2) is 8.69. The number of nitrogens with zero attached hydrogens (tertiary/aromatic N) is 4. The summed E-state index contributed by atoms with van der Waals surface area (Å²) in [5, 5.41) is 11.8. The number of allylic oxidation sites excluding steroid dienone is 2. The number of sulfonamides is 1. The third-order valence-corrected chi connectivity index (χ3v) is 9.17. The molecular weight excluding hydrogens is 448 g/mol. The molecule has 3 atom stereocenters. The highest BCUT2D eigenvalue weighted by atomic mass is 32.2. The van der Waals surface area contributed by atoms with E-state index in [-0.39, 0.29) is 35.5 Å². The Hall–Kier alpha value is -2.50. The molecule has 1 aromatic carbocycles. The molecule has 178 valence electrons. The minimum absolute atomic E-state index is 0.0607. The second-order valence-electron chi connectivity index (χ2n) is 9.12. The second-order valence-corrected chi connectivity index (χ2v) is 11.1. The van der Waals surface area contributed by atoms with Gasteiger partial charge in [-0.25, -0.2) is 8.42 Å². The van der Waals surface area contributed by atoms with Gasteiger partial charge in [-0.1, -0.05) is 12.2 Å². The zero-order chi connectivity index (χ0) is 23.2. The van der Waals surface area contributed by atoms with Crippen LogP contribution < -0.4 is 4.90 Å². The van der Waals surface area contributed by atoms with Crippen molar-refractivity contribution in [3.8, 4) is 0 Å². The summed E-state index contributed by atoms with van der Waals surface area (Å²) in [4.78, 5) is 27.9. The maximum absolute atomic E-state index is 13.0. The summed E-state index contributed by atoms with van der Waals surface area (Å²) in [5.41, 5.74) is 0.151. The van der Waals surface area contributed by atoms with E-state index >= 15 is 0 Å². The van der Waals surface area contributed by atoms with Gasteiger partial charge in [0.05, 0.1) is 23.0 Å². The minimum atomic E-state index is -3.83. The molecule has 4 aliphatic rings. The smallest absolute Gasteiger partial charge is 0.293 e. The van der Waals surface area contributed by atoms with Crippen molar-refractivity contribution in [3.05, 3.63) is 40.5 Å². The fourth-order valence-electron chi connectivity index (χ4n) is 5.48. The van der Waals surface area contributed by atoms with Crippen molar-refractivity contribution < 1.29 is 22.9 Å². The van der Waals surface area contributed by atoms with Gasteiger partial charge in [-0.2, -0.15) is 4.31 Å². The number of hydrogen-bond acceptors (Lipinski definition) is 7. The van der Waals surface area contributed by atoms with Crippen LogP contribution >= 0.6 is 0 Å². The molecule has 2 saturated heterocycles.